The zero-order chi connectivity index (χ0) is 20.5. The van der Waals surface area contributed by atoms with E-state index in [0.29, 0.717) is 36.1 Å². The van der Waals surface area contributed by atoms with Crippen molar-refractivity contribution in [2.24, 2.45) is 7.05 Å². The number of morpholine rings is 1. The van der Waals surface area contributed by atoms with Gasteiger partial charge in [-0.05, 0) is 18.2 Å². The smallest absolute Gasteiger partial charge is 0.255 e. The second-order valence-corrected chi connectivity index (χ2v) is 6.93. The molecule has 0 N–H and O–H groups in total. The van der Waals surface area contributed by atoms with Gasteiger partial charge in [-0.25, -0.2) is 23.7 Å². The molecule has 10 heteroatoms. The van der Waals surface area contributed by atoms with Gasteiger partial charge in [-0.3, -0.25) is 9.36 Å². The van der Waals surface area contributed by atoms with Crippen molar-refractivity contribution in [3.05, 3.63) is 69.4 Å². The van der Waals surface area contributed by atoms with Gasteiger partial charge in [0.25, 0.3) is 5.56 Å². The lowest BCUT2D eigenvalue weighted by Crippen LogP contribution is -2.41. The summed E-state index contributed by atoms with van der Waals surface area (Å²) in [6.07, 6.45) is 2.34. The number of hydrogen-bond donors (Lipinski definition) is 0. The van der Waals surface area contributed by atoms with E-state index in [1.54, 1.807) is 19.3 Å². The van der Waals surface area contributed by atoms with Crippen LogP contribution in [0.3, 0.4) is 0 Å². The van der Waals surface area contributed by atoms with Gasteiger partial charge in [-0.2, -0.15) is 0 Å². The molecule has 0 aliphatic carbocycles. The Labute approximate surface area is 169 Å². The fourth-order valence-corrected chi connectivity index (χ4v) is 3.46. The maximum atomic E-state index is 13.7. The summed E-state index contributed by atoms with van der Waals surface area (Å²) in [7, 11) is 1.61. The zero-order valence-corrected chi connectivity index (χ0v) is 16.1. The topological polar surface area (TPSA) is 73.1 Å². The Morgan fingerprint density at radius 2 is 2.00 bits per heavy atom. The maximum absolute atomic E-state index is 13.7. The van der Waals surface area contributed by atoms with Crippen LogP contribution in [0.25, 0.3) is 11.4 Å². The largest absolute Gasteiger partial charge is 0.370 e. The van der Waals surface area contributed by atoms with Gasteiger partial charge in [0.2, 0.25) is 5.95 Å². The molecule has 0 bridgehead atoms. The van der Waals surface area contributed by atoms with Crippen molar-refractivity contribution in [2.45, 2.75) is 6.10 Å². The molecule has 3 heterocycles. The summed E-state index contributed by atoms with van der Waals surface area (Å²) in [6.45, 7) is 1.02. The standard InChI is InChI=1S/C19H16ClF2N5O2/c1-26-18(28)8-16(15-2-3-23-10-24-15)25-19(26)27-4-5-29-17(9-27)11-6-13(21)14(22)7-12(11)20/h2-3,6-8,10,17H,4-5,9H2,1H3/t17-/m1/s1. The Kier molecular flexibility index (Phi) is 5.25. The fraction of sp³-hybridized carbons (Fsp3) is 0.263. The van der Waals surface area contributed by atoms with Crippen molar-refractivity contribution in [1.29, 1.82) is 0 Å². The molecule has 0 unspecified atom stereocenters. The van der Waals surface area contributed by atoms with E-state index < -0.39 is 17.7 Å². The molecular formula is C19H16ClF2N5O2. The number of ether oxygens (including phenoxy) is 1. The molecule has 1 aromatic carbocycles. The SMILES string of the molecule is Cn1c(N2CCO[C@@H](c3cc(F)c(F)cc3Cl)C2)nc(-c2ccncn2)cc1=O. The van der Waals surface area contributed by atoms with Gasteiger partial charge in [0.15, 0.2) is 11.6 Å². The van der Waals surface area contributed by atoms with Gasteiger partial charge in [0.05, 0.1) is 24.5 Å². The Morgan fingerprint density at radius 1 is 1.21 bits per heavy atom. The predicted octanol–water partition coefficient (Wildman–Crippen LogP) is 2.75. The number of hydrogen-bond acceptors (Lipinski definition) is 6. The van der Waals surface area contributed by atoms with Gasteiger partial charge < -0.3 is 9.64 Å². The van der Waals surface area contributed by atoms with E-state index in [1.165, 1.54) is 17.0 Å². The van der Waals surface area contributed by atoms with Crippen molar-refractivity contribution in [3.63, 3.8) is 0 Å². The highest BCUT2D eigenvalue weighted by Crippen LogP contribution is 2.31. The quantitative estimate of drug-likeness (QED) is 0.608. The van der Waals surface area contributed by atoms with Gasteiger partial charge >= 0.3 is 0 Å². The minimum Gasteiger partial charge on any atom is -0.370 e. The molecule has 1 fully saturated rings. The molecule has 1 atom stereocenters. The van der Waals surface area contributed by atoms with Crippen LogP contribution in [0.5, 0.6) is 0 Å². The van der Waals surface area contributed by atoms with E-state index >= 15 is 0 Å². The Bertz CT molecular complexity index is 1110. The summed E-state index contributed by atoms with van der Waals surface area (Å²) in [4.78, 5) is 26.9. The first kappa shape index (κ1) is 19.4. The Balaban J connectivity index is 1.69. The number of halogens is 3. The average molecular weight is 420 g/mol. The predicted molar refractivity (Wildman–Crippen MR) is 103 cm³/mol. The summed E-state index contributed by atoms with van der Waals surface area (Å²) in [5, 5.41) is 0.0762. The van der Waals surface area contributed by atoms with Crippen molar-refractivity contribution in [1.82, 2.24) is 19.5 Å². The van der Waals surface area contributed by atoms with E-state index in [9.17, 15) is 13.6 Å². The van der Waals surface area contributed by atoms with E-state index in [2.05, 4.69) is 15.0 Å². The van der Waals surface area contributed by atoms with Crippen molar-refractivity contribution < 1.29 is 13.5 Å². The third-order valence-corrected chi connectivity index (χ3v) is 5.02. The molecule has 1 saturated heterocycles. The van der Waals surface area contributed by atoms with Gasteiger partial charge in [-0.15, -0.1) is 0 Å². The lowest BCUT2D eigenvalue weighted by atomic mass is 10.1. The van der Waals surface area contributed by atoms with E-state index in [-0.39, 0.29) is 17.1 Å². The van der Waals surface area contributed by atoms with Crippen LogP contribution in [0.4, 0.5) is 14.7 Å². The van der Waals surface area contributed by atoms with Crippen LogP contribution < -0.4 is 10.5 Å². The molecule has 4 rings (SSSR count). The summed E-state index contributed by atoms with van der Waals surface area (Å²) in [5.41, 5.74) is 1.02. The van der Waals surface area contributed by atoms with Crippen LogP contribution in [0.15, 0.2) is 41.6 Å². The van der Waals surface area contributed by atoms with Crippen molar-refractivity contribution in [3.8, 4) is 11.4 Å². The summed E-state index contributed by atoms with van der Waals surface area (Å²) < 4.78 is 34.3. The molecule has 0 spiro atoms. The van der Waals surface area contributed by atoms with Gasteiger partial charge in [0, 0.05) is 36.4 Å². The molecule has 7 nitrogen and oxygen atoms in total. The van der Waals surface area contributed by atoms with Crippen LogP contribution in [0.1, 0.15) is 11.7 Å². The lowest BCUT2D eigenvalue weighted by Gasteiger charge is -2.34. The minimum absolute atomic E-state index is 0.0762. The summed E-state index contributed by atoms with van der Waals surface area (Å²) in [5.74, 6) is -1.60. The number of anilines is 1. The Morgan fingerprint density at radius 3 is 2.76 bits per heavy atom. The number of benzene rings is 1. The molecule has 1 aliphatic rings. The molecule has 2 aromatic heterocycles. The molecular weight excluding hydrogens is 404 g/mol. The zero-order valence-electron chi connectivity index (χ0n) is 15.3. The molecule has 0 saturated carbocycles. The van der Waals surface area contributed by atoms with Gasteiger partial charge in [-0.1, -0.05) is 11.6 Å². The molecule has 0 amide bonds. The first-order valence-electron chi connectivity index (χ1n) is 8.79. The van der Waals surface area contributed by atoms with Crippen LogP contribution >= 0.6 is 11.6 Å². The summed E-state index contributed by atoms with van der Waals surface area (Å²) in [6, 6.07) is 5.03. The fourth-order valence-electron chi connectivity index (χ4n) is 3.19. The molecule has 150 valence electrons. The minimum atomic E-state index is -1.02. The monoisotopic (exact) mass is 419 g/mol. The third kappa shape index (κ3) is 3.83. The van der Waals surface area contributed by atoms with Crippen molar-refractivity contribution >= 4 is 17.5 Å². The third-order valence-electron chi connectivity index (χ3n) is 4.69. The highest BCUT2D eigenvalue weighted by Gasteiger charge is 2.27. The average Bonchev–Trinajstić information content (AvgIpc) is 2.73. The maximum Gasteiger partial charge on any atom is 0.255 e. The highest BCUT2D eigenvalue weighted by atomic mass is 35.5. The highest BCUT2D eigenvalue weighted by molar-refractivity contribution is 6.31. The van der Waals surface area contributed by atoms with Gasteiger partial charge in [0.1, 0.15) is 12.4 Å². The van der Waals surface area contributed by atoms with Crippen LogP contribution in [-0.4, -0.2) is 39.2 Å². The van der Waals surface area contributed by atoms with Crippen LogP contribution in [0.2, 0.25) is 5.02 Å². The van der Waals surface area contributed by atoms with Crippen LogP contribution in [0, 0.1) is 11.6 Å². The normalized spacial score (nSPS) is 16.8. The van der Waals surface area contributed by atoms with Crippen molar-refractivity contribution in [2.75, 3.05) is 24.6 Å². The molecule has 29 heavy (non-hydrogen) atoms. The second-order valence-electron chi connectivity index (χ2n) is 6.53. The summed E-state index contributed by atoms with van der Waals surface area (Å²) >= 11 is 6.10. The number of nitrogens with zero attached hydrogens (tertiary/aromatic N) is 5. The first-order chi connectivity index (χ1) is 13.9. The Hall–Kier alpha value is -2.91. The van der Waals surface area contributed by atoms with E-state index in [0.717, 1.165) is 12.1 Å². The van der Waals surface area contributed by atoms with E-state index in [4.69, 9.17) is 16.3 Å². The first-order valence-corrected chi connectivity index (χ1v) is 9.17. The van der Waals surface area contributed by atoms with Crippen LogP contribution in [-0.2, 0) is 11.8 Å². The lowest BCUT2D eigenvalue weighted by molar-refractivity contribution is 0.0388. The molecule has 3 aromatic rings. The molecule has 0 radical (unpaired) electrons. The number of rotatable bonds is 3. The molecule has 1 aliphatic heterocycles. The van der Waals surface area contributed by atoms with E-state index in [1.807, 2.05) is 4.90 Å². The second kappa shape index (κ2) is 7.84. The number of aromatic nitrogens is 4.